The third-order valence-corrected chi connectivity index (χ3v) is 4.84. The van der Waals surface area contributed by atoms with Crippen molar-refractivity contribution in [2.45, 2.75) is 46.4 Å². The summed E-state index contributed by atoms with van der Waals surface area (Å²) in [5.74, 6) is 1.46. The van der Waals surface area contributed by atoms with Crippen molar-refractivity contribution < 1.29 is 0 Å². The number of benzene rings is 1. The fourth-order valence-corrected chi connectivity index (χ4v) is 3.33. The Morgan fingerprint density at radius 2 is 1.84 bits per heavy atom. The molecule has 0 aliphatic carbocycles. The predicted molar refractivity (Wildman–Crippen MR) is 85.1 cm³/mol. The van der Waals surface area contributed by atoms with E-state index >= 15 is 0 Å². The molecule has 1 aliphatic rings. The Morgan fingerprint density at radius 1 is 1.21 bits per heavy atom. The normalized spacial score (nSPS) is 17.8. The highest BCUT2D eigenvalue weighted by atomic mass is 35.5. The topological polar surface area (TPSA) is 3.24 Å². The molecule has 0 amide bonds. The van der Waals surface area contributed by atoms with E-state index < -0.39 is 0 Å². The summed E-state index contributed by atoms with van der Waals surface area (Å²) in [5.41, 5.74) is 4.36. The lowest BCUT2D eigenvalue weighted by atomic mass is 9.75. The highest BCUT2D eigenvalue weighted by Gasteiger charge is 2.28. The second kappa shape index (κ2) is 5.75. The zero-order valence-electron chi connectivity index (χ0n) is 12.7. The van der Waals surface area contributed by atoms with Gasteiger partial charge in [0, 0.05) is 24.7 Å². The fourth-order valence-electron chi connectivity index (χ4n) is 3.03. The Balaban J connectivity index is 2.04. The zero-order chi connectivity index (χ0) is 14.0. The van der Waals surface area contributed by atoms with Crippen LogP contribution in [0.15, 0.2) is 18.2 Å². The summed E-state index contributed by atoms with van der Waals surface area (Å²) in [5, 5.41) is 0. The molecule has 1 aliphatic heterocycles. The second-order valence-electron chi connectivity index (χ2n) is 6.87. The van der Waals surface area contributed by atoms with Crippen LogP contribution in [0, 0.1) is 18.3 Å². The summed E-state index contributed by atoms with van der Waals surface area (Å²) < 4.78 is 0. The standard InChI is InChI=1S/C17H26ClN/c1-13-11-16(6-5-14(13)12-18)19-9-7-15(8-10-19)17(2,3)4/h5-6,11,15H,7-10,12H2,1-4H3. The van der Waals surface area contributed by atoms with Crippen molar-refractivity contribution in [2.75, 3.05) is 18.0 Å². The molecule has 0 bridgehead atoms. The van der Waals surface area contributed by atoms with Crippen LogP contribution in [0.3, 0.4) is 0 Å². The smallest absolute Gasteiger partial charge is 0.0476 e. The average Bonchev–Trinajstić information content (AvgIpc) is 2.38. The van der Waals surface area contributed by atoms with Gasteiger partial charge in [0.2, 0.25) is 0 Å². The van der Waals surface area contributed by atoms with Gasteiger partial charge in [-0.3, -0.25) is 0 Å². The third kappa shape index (κ3) is 3.45. The summed E-state index contributed by atoms with van der Waals surface area (Å²) in [7, 11) is 0. The molecule has 19 heavy (non-hydrogen) atoms. The number of aryl methyl sites for hydroxylation is 1. The molecule has 0 atom stereocenters. The van der Waals surface area contributed by atoms with Gasteiger partial charge in [-0.05, 0) is 54.4 Å². The van der Waals surface area contributed by atoms with E-state index in [1.165, 1.54) is 42.7 Å². The lowest BCUT2D eigenvalue weighted by Gasteiger charge is -2.40. The van der Waals surface area contributed by atoms with Crippen molar-refractivity contribution in [3.8, 4) is 0 Å². The van der Waals surface area contributed by atoms with Crippen molar-refractivity contribution in [1.29, 1.82) is 0 Å². The second-order valence-corrected chi connectivity index (χ2v) is 7.14. The third-order valence-electron chi connectivity index (χ3n) is 4.55. The molecule has 1 nitrogen and oxygen atoms in total. The minimum Gasteiger partial charge on any atom is -0.372 e. The van der Waals surface area contributed by atoms with Gasteiger partial charge in [0.25, 0.3) is 0 Å². The van der Waals surface area contributed by atoms with Crippen LogP contribution in [0.4, 0.5) is 5.69 Å². The summed E-state index contributed by atoms with van der Waals surface area (Å²) in [6.07, 6.45) is 2.61. The highest BCUT2D eigenvalue weighted by Crippen LogP contribution is 2.35. The van der Waals surface area contributed by atoms with Gasteiger partial charge in [-0.25, -0.2) is 0 Å². The number of anilines is 1. The summed E-state index contributed by atoms with van der Waals surface area (Å²) >= 11 is 5.93. The number of rotatable bonds is 2. The van der Waals surface area contributed by atoms with Crippen LogP contribution in [0.2, 0.25) is 0 Å². The van der Waals surface area contributed by atoms with Crippen LogP contribution in [0.5, 0.6) is 0 Å². The molecule has 1 heterocycles. The maximum atomic E-state index is 5.93. The maximum absolute atomic E-state index is 5.93. The van der Waals surface area contributed by atoms with Gasteiger partial charge >= 0.3 is 0 Å². The van der Waals surface area contributed by atoms with Gasteiger partial charge in [0.1, 0.15) is 0 Å². The molecule has 1 fully saturated rings. The number of nitrogens with zero attached hydrogens (tertiary/aromatic N) is 1. The van der Waals surface area contributed by atoms with Crippen molar-refractivity contribution in [3.05, 3.63) is 29.3 Å². The predicted octanol–water partition coefficient (Wildman–Crippen LogP) is 5.00. The van der Waals surface area contributed by atoms with Crippen molar-refractivity contribution in [2.24, 2.45) is 11.3 Å². The van der Waals surface area contributed by atoms with Crippen LogP contribution in [-0.4, -0.2) is 13.1 Å². The maximum Gasteiger partial charge on any atom is 0.0476 e. The summed E-state index contributed by atoms with van der Waals surface area (Å²) in [6.45, 7) is 11.6. The Morgan fingerprint density at radius 3 is 2.32 bits per heavy atom. The number of alkyl halides is 1. The van der Waals surface area contributed by atoms with Gasteiger partial charge in [-0.1, -0.05) is 26.8 Å². The molecular formula is C17H26ClN. The van der Waals surface area contributed by atoms with Gasteiger partial charge in [-0.2, -0.15) is 0 Å². The zero-order valence-corrected chi connectivity index (χ0v) is 13.4. The molecular weight excluding hydrogens is 254 g/mol. The molecule has 1 saturated heterocycles. The van der Waals surface area contributed by atoms with Gasteiger partial charge in [0.15, 0.2) is 0 Å². The highest BCUT2D eigenvalue weighted by molar-refractivity contribution is 6.17. The van der Waals surface area contributed by atoms with E-state index in [1.807, 2.05) is 0 Å². The molecule has 0 N–H and O–H groups in total. The fraction of sp³-hybridized carbons (Fsp3) is 0.647. The van der Waals surface area contributed by atoms with Crippen molar-refractivity contribution in [3.63, 3.8) is 0 Å². The summed E-state index contributed by atoms with van der Waals surface area (Å²) in [6, 6.07) is 6.69. The largest absolute Gasteiger partial charge is 0.372 e. The Kier molecular flexibility index (Phi) is 4.45. The van der Waals surface area contributed by atoms with E-state index in [4.69, 9.17) is 11.6 Å². The monoisotopic (exact) mass is 279 g/mol. The summed E-state index contributed by atoms with van der Waals surface area (Å²) in [4.78, 5) is 2.52. The quantitative estimate of drug-likeness (QED) is 0.689. The molecule has 0 saturated carbocycles. The molecule has 106 valence electrons. The van der Waals surface area contributed by atoms with E-state index in [0.717, 1.165) is 5.92 Å². The lowest BCUT2D eigenvalue weighted by Crippen LogP contribution is -2.38. The average molecular weight is 280 g/mol. The first-order valence-corrected chi connectivity index (χ1v) is 7.85. The van der Waals surface area contributed by atoms with E-state index in [-0.39, 0.29) is 0 Å². The van der Waals surface area contributed by atoms with Crippen LogP contribution in [0.25, 0.3) is 0 Å². The van der Waals surface area contributed by atoms with E-state index in [2.05, 4.69) is 50.8 Å². The minimum atomic E-state index is 0.449. The van der Waals surface area contributed by atoms with E-state index in [1.54, 1.807) is 0 Å². The van der Waals surface area contributed by atoms with Crippen LogP contribution < -0.4 is 4.90 Å². The minimum absolute atomic E-state index is 0.449. The Hall–Kier alpha value is -0.690. The first kappa shape index (κ1) is 14.7. The van der Waals surface area contributed by atoms with E-state index in [9.17, 15) is 0 Å². The Bertz CT molecular complexity index is 425. The van der Waals surface area contributed by atoms with Crippen molar-refractivity contribution in [1.82, 2.24) is 0 Å². The molecule has 0 spiro atoms. The SMILES string of the molecule is Cc1cc(N2CCC(C(C)(C)C)CC2)ccc1CCl. The lowest BCUT2D eigenvalue weighted by molar-refractivity contribution is 0.199. The molecule has 1 aromatic rings. The molecule has 1 aromatic carbocycles. The number of halogens is 1. The van der Waals surface area contributed by atoms with E-state index in [0.29, 0.717) is 11.3 Å². The molecule has 0 aromatic heterocycles. The Labute approximate surface area is 123 Å². The van der Waals surface area contributed by atoms with Crippen molar-refractivity contribution >= 4 is 17.3 Å². The molecule has 2 heteroatoms. The molecule has 0 unspecified atom stereocenters. The van der Waals surface area contributed by atoms with Gasteiger partial charge < -0.3 is 4.90 Å². The number of piperidine rings is 1. The molecule has 0 radical (unpaired) electrons. The first-order chi connectivity index (χ1) is 8.91. The first-order valence-electron chi connectivity index (χ1n) is 7.32. The number of hydrogen-bond donors (Lipinski definition) is 0. The van der Waals surface area contributed by atoms with Gasteiger partial charge in [-0.15, -0.1) is 11.6 Å². The van der Waals surface area contributed by atoms with Crippen LogP contribution in [-0.2, 0) is 5.88 Å². The van der Waals surface area contributed by atoms with Crippen LogP contribution in [0.1, 0.15) is 44.7 Å². The van der Waals surface area contributed by atoms with Gasteiger partial charge in [0.05, 0.1) is 0 Å². The molecule has 2 rings (SSSR count). The number of hydrogen-bond acceptors (Lipinski definition) is 1. The van der Waals surface area contributed by atoms with Crippen LogP contribution >= 0.6 is 11.6 Å².